The quantitative estimate of drug-likeness (QED) is 0.776. The van der Waals surface area contributed by atoms with E-state index in [2.05, 4.69) is 40.2 Å². The maximum absolute atomic E-state index is 12.2. The van der Waals surface area contributed by atoms with Crippen molar-refractivity contribution in [1.82, 2.24) is 16.0 Å². The van der Waals surface area contributed by atoms with E-state index in [1.165, 1.54) is 5.56 Å². The summed E-state index contributed by atoms with van der Waals surface area (Å²) in [5, 5.41) is 8.82. The van der Waals surface area contributed by atoms with Crippen LogP contribution in [0.1, 0.15) is 44.1 Å². The van der Waals surface area contributed by atoms with Gasteiger partial charge in [-0.1, -0.05) is 30.3 Å². The molecule has 2 fully saturated rings. The maximum Gasteiger partial charge on any atom is 0.315 e. The first-order chi connectivity index (χ1) is 11.6. The number of nitrogens with one attached hydrogen (secondary N) is 3. The van der Waals surface area contributed by atoms with Gasteiger partial charge in [-0.3, -0.25) is 4.79 Å². The van der Waals surface area contributed by atoms with Crippen molar-refractivity contribution in [1.29, 1.82) is 0 Å². The van der Waals surface area contributed by atoms with Crippen molar-refractivity contribution < 1.29 is 9.59 Å². The summed E-state index contributed by atoms with van der Waals surface area (Å²) in [4.78, 5) is 23.8. The molecule has 0 saturated heterocycles. The molecule has 0 spiro atoms. The number of benzene rings is 1. The molecule has 1 aromatic carbocycles. The van der Waals surface area contributed by atoms with Crippen LogP contribution in [-0.2, 0) is 10.2 Å². The zero-order valence-electron chi connectivity index (χ0n) is 14.3. The predicted molar refractivity (Wildman–Crippen MR) is 93.7 cm³/mol. The fourth-order valence-corrected chi connectivity index (χ4v) is 3.70. The molecule has 0 unspecified atom stereocenters. The molecule has 3 rings (SSSR count). The van der Waals surface area contributed by atoms with E-state index < -0.39 is 0 Å². The van der Waals surface area contributed by atoms with E-state index in [4.69, 9.17) is 0 Å². The largest absolute Gasteiger partial charge is 0.359 e. The van der Waals surface area contributed by atoms with Crippen LogP contribution < -0.4 is 16.0 Å². The lowest BCUT2D eigenvalue weighted by Crippen LogP contribution is -2.46. The van der Waals surface area contributed by atoms with Crippen LogP contribution in [0.5, 0.6) is 0 Å². The van der Waals surface area contributed by atoms with Gasteiger partial charge in [-0.05, 0) is 44.1 Å². The second-order valence-electron chi connectivity index (χ2n) is 7.14. The summed E-state index contributed by atoms with van der Waals surface area (Å²) in [6, 6.07) is 10.5. The van der Waals surface area contributed by atoms with Crippen molar-refractivity contribution in [2.24, 2.45) is 5.92 Å². The Morgan fingerprint density at radius 1 is 1.08 bits per heavy atom. The highest BCUT2D eigenvalue weighted by Crippen LogP contribution is 2.47. The third-order valence-corrected chi connectivity index (χ3v) is 5.51. The average Bonchev–Trinajstić information content (AvgIpc) is 3.42. The second-order valence-corrected chi connectivity index (χ2v) is 7.14. The van der Waals surface area contributed by atoms with Crippen LogP contribution in [0.25, 0.3) is 0 Å². The Balaban J connectivity index is 1.42. The van der Waals surface area contributed by atoms with Gasteiger partial charge in [-0.25, -0.2) is 4.79 Å². The van der Waals surface area contributed by atoms with E-state index in [9.17, 15) is 9.59 Å². The molecule has 130 valence electrons. The Morgan fingerprint density at radius 2 is 1.75 bits per heavy atom. The molecule has 3 N–H and O–H groups in total. The monoisotopic (exact) mass is 329 g/mol. The van der Waals surface area contributed by atoms with Gasteiger partial charge in [-0.15, -0.1) is 0 Å². The number of amides is 3. The van der Waals surface area contributed by atoms with Crippen LogP contribution in [0.3, 0.4) is 0 Å². The van der Waals surface area contributed by atoms with Crippen molar-refractivity contribution in [3.63, 3.8) is 0 Å². The molecule has 2 saturated carbocycles. The molecule has 1 aromatic rings. The Bertz CT molecular complexity index is 576. The fourth-order valence-electron chi connectivity index (χ4n) is 3.70. The molecular formula is C19H27N3O2. The van der Waals surface area contributed by atoms with Crippen molar-refractivity contribution in [2.75, 3.05) is 13.6 Å². The number of hydrogen-bond acceptors (Lipinski definition) is 2. The van der Waals surface area contributed by atoms with Gasteiger partial charge in [0.05, 0.1) is 0 Å². The van der Waals surface area contributed by atoms with E-state index in [-0.39, 0.29) is 29.3 Å². The fraction of sp³-hybridized carbons (Fsp3) is 0.579. The Kier molecular flexibility index (Phi) is 5.07. The Labute approximate surface area is 143 Å². The standard InChI is InChI=1S/C19H27N3O2/c1-20-17(23)14-7-9-16(10-8-14)22-18(24)21-13-19(11-12-19)15-5-3-2-4-6-15/h2-6,14,16H,7-13H2,1H3,(H,20,23)(H2,21,22,24). The van der Waals surface area contributed by atoms with E-state index in [0.29, 0.717) is 6.54 Å². The third-order valence-electron chi connectivity index (χ3n) is 5.51. The lowest BCUT2D eigenvalue weighted by molar-refractivity contribution is -0.125. The molecule has 0 aromatic heterocycles. The van der Waals surface area contributed by atoms with Crippen LogP contribution in [0.4, 0.5) is 4.79 Å². The van der Waals surface area contributed by atoms with Crippen molar-refractivity contribution in [2.45, 2.75) is 50.0 Å². The summed E-state index contributed by atoms with van der Waals surface area (Å²) in [7, 11) is 1.68. The van der Waals surface area contributed by atoms with Crippen LogP contribution in [0.15, 0.2) is 30.3 Å². The number of carbonyl (C=O) groups is 2. The van der Waals surface area contributed by atoms with Crippen LogP contribution in [-0.4, -0.2) is 31.6 Å². The van der Waals surface area contributed by atoms with E-state index in [1.807, 2.05) is 6.07 Å². The summed E-state index contributed by atoms with van der Waals surface area (Å²) >= 11 is 0. The molecular weight excluding hydrogens is 302 g/mol. The van der Waals surface area contributed by atoms with Gasteiger partial charge in [0.1, 0.15) is 0 Å². The molecule has 2 aliphatic rings. The lowest BCUT2D eigenvalue weighted by atomic mass is 9.85. The smallest absolute Gasteiger partial charge is 0.315 e. The molecule has 0 aliphatic heterocycles. The van der Waals surface area contributed by atoms with Gasteiger partial charge in [0.25, 0.3) is 0 Å². The normalized spacial score (nSPS) is 24.7. The highest BCUT2D eigenvalue weighted by molar-refractivity contribution is 5.78. The minimum Gasteiger partial charge on any atom is -0.359 e. The van der Waals surface area contributed by atoms with Crippen molar-refractivity contribution in [3.05, 3.63) is 35.9 Å². The van der Waals surface area contributed by atoms with E-state index >= 15 is 0 Å². The van der Waals surface area contributed by atoms with Gasteiger partial charge in [-0.2, -0.15) is 0 Å². The van der Waals surface area contributed by atoms with Gasteiger partial charge in [0.15, 0.2) is 0 Å². The van der Waals surface area contributed by atoms with E-state index in [0.717, 1.165) is 38.5 Å². The predicted octanol–water partition coefficient (Wildman–Crippen LogP) is 2.32. The summed E-state index contributed by atoms with van der Waals surface area (Å²) < 4.78 is 0. The van der Waals surface area contributed by atoms with Crippen molar-refractivity contribution in [3.8, 4) is 0 Å². The second kappa shape index (κ2) is 7.24. The van der Waals surface area contributed by atoms with Crippen LogP contribution >= 0.6 is 0 Å². The highest BCUT2D eigenvalue weighted by Gasteiger charge is 2.44. The number of hydrogen-bond donors (Lipinski definition) is 3. The topological polar surface area (TPSA) is 70.2 Å². The highest BCUT2D eigenvalue weighted by atomic mass is 16.2. The summed E-state index contributed by atoms with van der Waals surface area (Å²) in [5.74, 6) is 0.223. The molecule has 24 heavy (non-hydrogen) atoms. The summed E-state index contributed by atoms with van der Waals surface area (Å²) in [6.07, 6.45) is 5.70. The minimum absolute atomic E-state index is 0.0828. The van der Waals surface area contributed by atoms with Gasteiger partial charge >= 0.3 is 6.03 Å². The average molecular weight is 329 g/mol. The van der Waals surface area contributed by atoms with Gasteiger partial charge < -0.3 is 16.0 Å². The zero-order valence-corrected chi connectivity index (χ0v) is 14.3. The molecule has 0 radical (unpaired) electrons. The lowest BCUT2D eigenvalue weighted by Gasteiger charge is -2.28. The molecule has 5 nitrogen and oxygen atoms in total. The van der Waals surface area contributed by atoms with Crippen molar-refractivity contribution >= 4 is 11.9 Å². The number of rotatable bonds is 5. The first kappa shape index (κ1) is 16.8. The molecule has 3 amide bonds. The number of urea groups is 1. The molecule has 0 heterocycles. The minimum atomic E-state index is -0.0828. The third kappa shape index (κ3) is 3.89. The first-order valence-electron chi connectivity index (χ1n) is 8.94. The van der Waals surface area contributed by atoms with Crippen LogP contribution in [0.2, 0.25) is 0 Å². The Morgan fingerprint density at radius 3 is 2.33 bits per heavy atom. The molecule has 5 heteroatoms. The SMILES string of the molecule is CNC(=O)C1CCC(NC(=O)NCC2(c3ccccc3)CC2)CC1. The first-order valence-corrected chi connectivity index (χ1v) is 8.94. The molecule has 0 bridgehead atoms. The van der Waals surface area contributed by atoms with Crippen LogP contribution in [0, 0.1) is 5.92 Å². The maximum atomic E-state index is 12.2. The number of carbonyl (C=O) groups excluding carboxylic acids is 2. The molecule has 0 atom stereocenters. The summed E-state index contributed by atoms with van der Waals surface area (Å²) in [5.41, 5.74) is 1.45. The van der Waals surface area contributed by atoms with Gasteiger partial charge in [0.2, 0.25) is 5.91 Å². The van der Waals surface area contributed by atoms with E-state index in [1.54, 1.807) is 7.05 Å². The molecule has 2 aliphatic carbocycles. The zero-order chi connectivity index (χ0) is 17.0. The van der Waals surface area contributed by atoms with Gasteiger partial charge in [0, 0.05) is 31.0 Å². The summed E-state index contributed by atoms with van der Waals surface area (Å²) in [6.45, 7) is 0.691. The Hall–Kier alpha value is -2.04.